The summed E-state index contributed by atoms with van der Waals surface area (Å²) in [5.74, 6) is -2.79. The van der Waals surface area contributed by atoms with Crippen molar-refractivity contribution in [1.29, 1.82) is 0 Å². The van der Waals surface area contributed by atoms with Gasteiger partial charge in [-0.05, 0) is 56.0 Å². The van der Waals surface area contributed by atoms with Gasteiger partial charge in [0.2, 0.25) is 5.91 Å². The predicted molar refractivity (Wildman–Crippen MR) is 150 cm³/mol. The number of thioether (sulfide) groups is 1. The van der Waals surface area contributed by atoms with Gasteiger partial charge in [-0.25, -0.2) is 0 Å². The van der Waals surface area contributed by atoms with Crippen LogP contribution >= 0.6 is 11.8 Å². The minimum Gasteiger partial charge on any atom is -0.497 e. The molecule has 2 amide bonds. The highest BCUT2D eigenvalue weighted by Crippen LogP contribution is 2.71. The number of rotatable bonds is 10. The molecular weight excluding hydrogens is 516 g/mol. The number of carbonyl (C=O) groups is 3. The number of ether oxygens (including phenoxy) is 1. The molecule has 9 heteroatoms. The normalized spacial score (nSPS) is 29.7. The van der Waals surface area contributed by atoms with Crippen LogP contribution in [-0.2, 0) is 20.8 Å². The van der Waals surface area contributed by atoms with Gasteiger partial charge < -0.3 is 24.7 Å². The van der Waals surface area contributed by atoms with Crippen molar-refractivity contribution >= 4 is 35.2 Å². The van der Waals surface area contributed by atoms with Gasteiger partial charge in [-0.1, -0.05) is 36.4 Å². The second-order valence-corrected chi connectivity index (χ2v) is 12.7. The molecule has 1 spiro atoms. The lowest BCUT2D eigenvalue weighted by Crippen LogP contribution is -2.58. The quantitative estimate of drug-likeness (QED) is 0.437. The molecule has 3 fully saturated rings. The predicted octanol–water partition coefficient (Wildman–Crippen LogP) is 3.38. The summed E-state index contributed by atoms with van der Waals surface area (Å²) in [5.41, 5.74) is 1.54. The van der Waals surface area contributed by atoms with Gasteiger partial charge in [0.05, 0.1) is 36.3 Å². The molecule has 39 heavy (non-hydrogen) atoms. The van der Waals surface area contributed by atoms with Crippen molar-refractivity contribution in [3.63, 3.8) is 0 Å². The van der Waals surface area contributed by atoms with E-state index in [9.17, 15) is 24.6 Å². The molecule has 3 aliphatic rings. The second-order valence-electron chi connectivity index (χ2n) is 10.8. The van der Waals surface area contributed by atoms with Crippen molar-refractivity contribution in [3.8, 4) is 5.75 Å². The molecule has 5 rings (SSSR count). The highest BCUT2D eigenvalue weighted by molar-refractivity contribution is 8.02. The topological polar surface area (TPSA) is 107 Å². The minimum absolute atomic E-state index is 0.206. The Kier molecular flexibility index (Phi) is 7.24. The fourth-order valence-corrected chi connectivity index (χ4v) is 9.24. The Morgan fingerprint density at radius 1 is 1.21 bits per heavy atom. The maximum Gasteiger partial charge on any atom is 0.308 e. The highest BCUT2D eigenvalue weighted by atomic mass is 32.2. The van der Waals surface area contributed by atoms with Crippen LogP contribution in [0.15, 0.2) is 67.3 Å². The molecular formula is C30H34N2O6S. The van der Waals surface area contributed by atoms with E-state index in [2.05, 4.69) is 6.58 Å². The molecule has 0 radical (unpaired) electrons. The van der Waals surface area contributed by atoms with Crippen LogP contribution in [-0.4, -0.2) is 74.7 Å². The Balaban J connectivity index is 1.62. The molecule has 8 nitrogen and oxygen atoms in total. The van der Waals surface area contributed by atoms with Crippen molar-refractivity contribution < 1.29 is 29.3 Å². The third kappa shape index (κ3) is 4.32. The van der Waals surface area contributed by atoms with E-state index in [-0.39, 0.29) is 25.0 Å². The number of aliphatic carboxylic acids is 1. The summed E-state index contributed by atoms with van der Waals surface area (Å²) >= 11 is 1.48. The van der Waals surface area contributed by atoms with Gasteiger partial charge in [0.15, 0.2) is 0 Å². The van der Waals surface area contributed by atoms with E-state index < -0.39 is 39.4 Å². The third-order valence-corrected chi connectivity index (χ3v) is 10.6. The first-order chi connectivity index (χ1) is 18.7. The van der Waals surface area contributed by atoms with E-state index in [1.165, 1.54) is 16.7 Å². The summed E-state index contributed by atoms with van der Waals surface area (Å²) in [5, 5.41) is 20.8. The number of hydrogen-bond acceptors (Lipinski definition) is 6. The molecule has 206 valence electrons. The Morgan fingerprint density at radius 3 is 2.49 bits per heavy atom. The summed E-state index contributed by atoms with van der Waals surface area (Å²) < 4.78 is 3.74. The number of carboxylic acids is 1. The van der Waals surface area contributed by atoms with E-state index in [4.69, 9.17) is 4.74 Å². The molecule has 3 heterocycles. The van der Waals surface area contributed by atoms with Gasteiger partial charge in [-0.3, -0.25) is 14.4 Å². The van der Waals surface area contributed by atoms with Gasteiger partial charge in [0.25, 0.3) is 5.91 Å². The number of nitrogens with zero attached hydrogens (tertiary/aromatic N) is 2. The Bertz CT molecular complexity index is 1270. The lowest BCUT2D eigenvalue weighted by molar-refractivity contribution is -0.150. The number of aliphatic hydroxyl groups excluding tert-OH is 1. The van der Waals surface area contributed by atoms with Crippen molar-refractivity contribution in [1.82, 2.24) is 4.90 Å². The SMILES string of the molecule is C=CCN(C(=O)C1N([C@@H](CO)Cc2ccccc2)C(=O)[C@@H]2[C@@H](C(=O)O)[C@@]3(C)CCC12S3)c1ccc(OC)cc1. The van der Waals surface area contributed by atoms with Crippen LogP contribution in [0.25, 0.3) is 0 Å². The molecule has 2 unspecified atom stereocenters. The van der Waals surface area contributed by atoms with Crippen molar-refractivity contribution in [2.45, 2.75) is 47.8 Å². The van der Waals surface area contributed by atoms with E-state index in [1.807, 2.05) is 37.3 Å². The van der Waals surface area contributed by atoms with Crippen LogP contribution in [0.1, 0.15) is 25.3 Å². The fraction of sp³-hybridized carbons (Fsp3) is 0.433. The summed E-state index contributed by atoms with van der Waals surface area (Å²) in [6.07, 6.45) is 3.13. The molecule has 0 aromatic heterocycles. The summed E-state index contributed by atoms with van der Waals surface area (Å²) in [7, 11) is 1.57. The molecule has 3 aliphatic heterocycles. The number of carboxylic acid groups (broad SMARTS) is 1. The molecule has 2 aromatic carbocycles. The third-order valence-electron chi connectivity index (χ3n) is 8.59. The van der Waals surface area contributed by atoms with Crippen LogP contribution in [0, 0.1) is 11.8 Å². The molecule has 2 aromatic rings. The first-order valence-corrected chi connectivity index (χ1v) is 14.0. The Labute approximate surface area is 232 Å². The van der Waals surface area contributed by atoms with Crippen molar-refractivity contribution in [3.05, 3.63) is 72.8 Å². The van der Waals surface area contributed by atoms with E-state index >= 15 is 0 Å². The number of carbonyl (C=O) groups excluding carboxylic acids is 2. The fourth-order valence-electron chi connectivity index (χ4n) is 6.91. The average Bonchev–Trinajstić information content (AvgIpc) is 3.51. The number of hydrogen-bond donors (Lipinski definition) is 2. The van der Waals surface area contributed by atoms with Crippen molar-refractivity contribution in [2.24, 2.45) is 11.8 Å². The van der Waals surface area contributed by atoms with Crippen LogP contribution in [0.2, 0.25) is 0 Å². The van der Waals surface area contributed by atoms with Gasteiger partial charge in [0.1, 0.15) is 11.8 Å². The lowest BCUT2D eigenvalue weighted by Gasteiger charge is -2.39. The molecule has 6 atom stereocenters. The second kappa shape index (κ2) is 10.4. The average molecular weight is 551 g/mol. The van der Waals surface area contributed by atoms with Gasteiger partial charge in [-0.2, -0.15) is 0 Å². The largest absolute Gasteiger partial charge is 0.497 e. The summed E-state index contributed by atoms with van der Waals surface area (Å²) in [6.45, 7) is 5.61. The number of fused-ring (bicyclic) bond motifs is 1. The molecule has 3 saturated heterocycles. The number of likely N-dealkylation sites (tertiary alicyclic amines) is 1. The molecule has 0 aliphatic carbocycles. The monoisotopic (exact) mass is 550 g/mol. The summed E-state index contributed by atoms with van der Waals surface area (Å²) in [6, 6.07) is 15.0. The van der Waals surface area contributed by atoms with E-state index in [0.29, 0.717) is 30.7 Å². The van der Waals surface area contributed by atoms with Crippen LogP contribution in [0.5, 0.6) is 5.75 Å². The standard InChI is InChI=1S/C30H34N2O6S/c1-4-16-31(20-10-12-22(38-3)13-11-20)27(35)25-30-15-14-29(2,39-30)24(28(36)37)23(30)26(34)32(25)21(18-33)17-19-8-6-5-7-9-19/h4-13,21,23-25,33H,1,14-18H2,2-3H3,(H,36,37)/t21-,23+,24+,25?,29-,30?/m1/s1. The zero-order chi connectivity index (χ0) is 27.9. The van der Waals surface area contributed by atoms with E-state index in [0.717, 1.165) is 5.56 Å². The number of aliphatic hydroxyl groups is 1. The molecule has 2 bridgehead atoms. The number of methoxy groups -OCH3 is 1. The Hall–Kier alpha value is -3.30. The lowest BCUT2D eigenvalue weighted by atomic mass is 9.66. The Morgan fingerprint density at radius 2 is 1.90 bits per heavy atom. The number of amides is 2. The first kappa shape index (κ1) is 27.3. The van der Waals surface area contributed by atoms with Crippen molar-refractivity contribution in [2.75, 3.05) is 25.2 Å². The molecule has 0 saturated carbocycles. The van der Waals surface area contributed by atoms with Crippen LogP contribution in [0.3, 0.4) is 0 Å². The van der Waals surface area contributed by atoms with Crippen LogP contribution < -0.4 is 9.64 Å². The van der Waals surface area contributed by atoms with Gasteiger partial charge in [0, 0.05) is 17.0 Å². The smallest absolute Gasteiger partial charge is 0.308 e. The zero-order valence-corrected chi connectivity index (χ0v) is 23.0. The van der Waals surface area contributed by atoms with Gasteiger partial charge in [-0.15, -0.1) is 18.3 Å². The van der Waals surface area contributed by atoms with Gasteiger partial charge >= 0.3 is 5.97 Å². The summed E-state index contributed by atoms with van der Waals surface area (Å²) in [4.78, 5) is 44.6. The first-order valence-electron chi connectivity index (χ1n) is 13.2. The number of anilines is 1. The highest BCUT2D eigenvalue weighted by Gasteiger charge is 2.78. The van der Waals surface area contributed by atoms with Crippen LogP contribution in [0.4, 0.5) is 5.69 Å². The number of benzene rings is 2. The van der Waals surface area contributed by atoms with E-state index in [1.54, 1.807) is 42.4 Å². The minimum atomic E-state index is -1.01. The molecule has 2 N–H and O–H groups in total. The maximum absolute atomic E-state index is 14.6. The zero-order valence-electron chi connectivity index (χ0n) is 22.2. The maximum atomic E-state index is 14.6.